The van der Waals surface area contributed by atoms with E-state index in [4.69, 9.17) is 5.53 Å². The molecule has 0 aromatic heterocycles. The maximum atomic E-state index is 10.0. The van der Waals surface area contributed by atoms with Gasteiger partial charge in [-0.2, -0.15) is 4.79 Å². The molecule has 0 heterocycles. The Hall–Kier alpha value is -1.94. The van der Waals surface area contributed by atoms with Crippen molar-refractivity contribution in [3.05, 3.63) is 39.9 Å². The molecule has 0 amide bonds. The fraction of sp³-hybridized carbons (Fsp3) is 0.167. The Morgan fingerprint density at radius 1 is 1.67 bits per heavy atom. The van der Waals surface area contributed by atoms with Gasteiger partial charge >= 0.3 is 5.71 Å². The highest BCUT2D eigenvalue weighted by molar-refractivity contribution is 5.97. The number of nitrogens with zero attached hydrogens (tertiary/aromatic N) is 3. The molecule has 6 heteroatoms. The zero-order valence-electron chi connectivity index (χ0n) is 6.04. The molecule has 0 spiro atoms. The molecular formula is C6H6N4O2. The average Bonchev–Trinajstić information content (AvgIpc) is 2.04. The predicted molar refractivity (Wildman–Crippen MR) is 40.8 cm³/mol. The molecule has 0 aromatic carbocycles. The van der Waals surface area contributed by atoms with Crippen molar-refractivity contribution in [3.8, 4) is 0 Å². The molecule has 1 rings (SSSR count). The topological polar surface area (TPSA) is 91.6 Å². The lowest BCUT2D eigenvalue weighted by Gasteiger charge is -2.03. The van der Waals surface area contributed by atoms with Crippen molar-refractivity contribution in [2.24, 2.45) is 0 Å². The summed E-state index contributed by atoms with van der Waals surface area (Å²) in [6.45, 7) is 0. The Bertz CT molecular complexity index is 301. The zero-order chi connectivity index (χ0) is 8.97. The fourth-order valence-electron chi connectivity index (χ4n) is 0.850. The summed E-state index contributed by atoms with van der Waals surface area (Å²) in [5.41, 5.74) is 10.6. The third-order valence-corrected chi connectivity index (χ3v) is 1.36. The van der Waals surface area contributed by atoms with Crippen LogP contribution >= 0.6 is 0 Å². The van der Waals surface area contributed by atoms with Gasteiger partial charge in [-0.25, -0.2) is 10.1 Å². The number of rotatable bonds is 2. The largest absolute Gasteiger partial charge is 0.361 e. The molecule has 0 bridgehead atoms. The summed E-state index contributed by atoms with van der Waals surface area (Å²) >= 11 is 0. The lowest BCUT2D eigenvalue weighted by molar-refractivity contribution is -0.546. The van der Waals surface area contributed by atoms with Crippen LogP contribution in [0.1, 0.15) is 0 Å². The van der Waals surface area contributed by atoms with Crippen LogP contribution < -0.4 is 5.43 Å². The van der Waals surface area contributed by atoms with E-state index in [1.807, 2.05) is 5.43 Å². The van der Waals surface area contributed by atoms with Gasteiger partial charge in [0.25, 0.3) is 0 Å². The summed E-state index contributed by atoms with van der Waals surface area (Å²) in [6.07, 6.45) is 6.28. The minimum absolute atomic E-state index is 0.217. The molecule has 1 atom stereocenters. The fourth-order valence-corrected chi connectivity index (χ4v) is 0.850. The van der Waals surface area contributed by atoms with Crippen molar-refractivity contribution >= 4 is 5.71 Å². The number of hydrogen-bond acceptors (Lipinski definition) is 2. The smallest absolute Gasteiger partial charge is 0.323 e. The van der Waals surface area contributed by atoms with E-state index in [1.165, 1.54) is 12.2 Å². The van der Waals surface area contributed by atoms with E-state index in [2.05, 4.69) is 4.79 Å². The van der Waals surface area contributed by atoms with Crippen LogP contribution in [-0.4, -0.2) is 21.6 Å². The molecule has 1 aliphatic rings. The molecule has 0 saturated heterocycles. The monoisotopic (exact) mass is 166 g/mol. The highest BCUT2D eigenvalue weighted by Gasteiger charge is 2.23. The minimum atomic E-state index is -0.681. The van der Waals surface area contributed by atoms with Crippen LogP contribution in [-0.2, 0) is 0 Å². The quantitative estimate of drug-likeness (QED) is 0.269. The maximum absolute atomic E-state index is 10.0. The lowest BCUT2D eigenvalue weighted by atomic mass is 10.1. The first-order valence-electron chi connectivity index (χ1n) is 3.21. The van der Waals surface area contributed by atoms with Crippen LogP contribution in [0.15, 0.2) is 24.3 Å². The van der Waals surface area contributed by atoms with Crippen molar-refractivity contribution < 1.29 is 9.82 Å². The van der Waals surface area contributed by atoms with Crippen molar-refractivity contribution in [2.75, 3.05) is 0 Å². The highest BCUT2D eigenvalue weighted by Crippen LogP contribution is 1.98. The second-order valence-electron chi connectivity index (χ2n) is 2.13. The molecule has 1 N–H and O–H groups in total. The van der Waals surface area contributed by atoms with E-state index >= 15 is 0 Å². The van der Waals surface area contributed by atoms with Gasteiger partial charge in [0.2, 0.25) is 6.04 Å². The van der Waals surface area contributed by atoms with Crippen LogP contribution in [0.3, 0.4) is 0 Å². The zero-order valence-corrected chi connectivity index (χ0v) is 6.04. The number of hydrazine groups is 1. The SMILES string of the molecule is [N-]=[N+]=C1C=CC=CC1N[N+](=O)[O-]. The lowest BCUT2D eigenvalue weighted by Crippen LogP contribution is -2.39. The van der Waals surface area contributed by atoms with Gasteiger partial charge in [-0.15, -0.1) is 5.43 Å². The first kappa shape index (κ1) is 8.16. The van der Waals surface area contributed by atoms with Crippen molar-refractivity contribution in [1.82, 2.24) is 5.43 Å². The van der Waals surface area contributed by atoms with E-state index in [9.17, 15) is 10.1 Å². The van der Waals surface area contributed by atoms with Gasteiger partial charge in [0.1, 0.15) is 0 Å². The molecule has 0 radical (unpaired) electrons. The first-order chi connectivity index (χ1) is 5.74. The van der Waals surface area contributed by atoms with E-state index in [-0.39, 0.29) is 5.71 Å². The molecule has 6 nitrogen and oxygen atoms in total. The van der Waals surface area contributed by atoms with Gasteiger partial charge in [-0.1, -0.05) is 12.2 Å². The van der Waals surface area contributed by atoms with E-state index in [1.54, 1.807) is 12.2 Å². The van der Waals surface area contributed by atoms with E-state index in [0.717, 1.165) is 0 Å². The Labute approximate surface area is 67.9 Å². The molecule has 0 saturated carbocycles. The van der Waals surface area contributed by atoms with E-state index in [0.29, 0.717) is 0 Å². The van der Waals surface area contributed by atoms with Gasteiger partial charge < -0.3 is 5.53 Å². The summed E-state index contributed by atoms with van der Waals surface area (Å²) in [4.78, 5) is 12.9. The normalized spacial score (nSPS) is 20.3. The highest BCUT2D eigenvalue weighted by atomic mass is 16.7. The minimum Gasteiger partial charge on any atom is -0.361 e. The molecule has 0 aromatic rings. The summed E-state index contributed by atoms with van der Waals surface area (Å²) < 4.78 is 0. The van der Waals surface area contributed by atoms with Crippen LogP contribution in [0, 0.1) is 10.1 Å². The van der Waals surface area contributed by atoms with Crippen LogP contribution in [0.5, 0.6) is 0 Å². The van der Waals surface area contributed by atoms with Crippen LogP contribution in [0.2, 0.25) is 0 Å². The third kappa shape index (κ3) is 1.77. The molecule has 0 aliphatic heterocycles. The molecule has 12 heavy (non-hydrogen) atoms. The molecular weight excluding hydrogens is 160 g/mol. The molecule has 1 aliphatic carbocycles. The van der Waals surface area contributed by atoms with Crippen LogP contribution in [0.4, 0.5) is 0 Å². The maximum Gasteiger partial charge on any atom is 0.323 e. The van der Waals surface area contributed by atoms with E-state index < -0.39 is 11.1 Å². The summed E-state index contributed by atoms with van der Waals surface area (Å²) in [5, 5.41) is 9.35. The summed E-state index contributed by atoms with van der Waals surface area (Å²) in [6, 6.07) is -0.657. The Morgan fingerprint density at radius 2 is 2.42 bits per heavy atom. The molecule has 62 valence electrons. The van der Waals surface area contributed by atoms with Gasteiger partial charge in [0.15, 0.2) is 5.03 Å². The van der Waals surface area contributed by atoms with Gasteiger partial charge in [-0.3, -0.25) is 0 Å². The van der Waals surface area contributed by atoms with Crippen molar-refractivity contribution in [3.63, 3.8) is 0 Å². The number of allylic oxidation sites excluding steroid dienone is 2. The van der Waals surface area contributed by atoms with Crippen LogP contribution in [0.25, 0.3) is 5.53 Å². The third-order valence-electron chi connectivity index (χ3n) is 1.36. The summed E-state index contributed by atoms with van der Waals surface area (Å²) in [7, 11) is 0. The van der Waals surface area contributed by atoms with Gasteiger partial charge in [0, 0.05) is 6.08 Å². The standard InChI is InChI=1S/C6H6N4O2/c7-8-5-3-1-2-4-6(5)9-10(11)12/h1-4,6,9H. The summed E-state index contributed by atoms with van der Waals surface area (Å²) in [5.74, 6) is 0. The second-order valence-corrected chi connectivity index (χ2v) is 2.13. The predicted octanol–water partition coefficient (Wildman–Crippen LogP) is -0.0669. The molecule has 1 unspecified atom stereocenters. The first-order valence-corrected chi connectivity index (χ1v) is 3.21. The second kappa shape index (κ2) is 3.45. The van der Waals surface area contributed by atoms with Crippen molar-refractivity contribution in [1.29, 1.82) is 0 Å². The van der Waals surface area contributed by atoms with Gasteiger partial charge in [-0.05, 0) is 6.08 Å². The Kier molecular flexibility index (Phi) is 2.35. The van der Waals surface area contributed by atoms with Gasteiger partial charge in [0.05, 0.1) is 0 Å². The number of nitro groups is 1. The average molecular weight is 166 g/mol. The molecule has 0 fully saturated rings. The van der Waals surface area contributed by atoms with Crippen molar-refractivity contribution in [2.45, 2.75) is 6.04 Å². The number of hydrogen-bond donors (Lipinski definition) is 1. The Balaban J connectivity index is 2.76. The number of nitrogens with one attached hydrogen (secondary N) is 1. The Morgan fingerprint density at radius 3 is 3.00 bits per heavy atom.